The first-order valence-corrected chi connectivity index (χ1v) is 11.1. The van der Waals surface area contributed by atoms with E-state index in [9.17, 15) is 14.7 Å². The lowest BCUT2D eigenvalue weighted by atomic mass is 9.95. The smallest absolute Gasteiger partial charge is 0.295 e. The fourth-order valence-electron chi connectivity index (χ4n) is 3.98. The minimum absolute atomic E-state index is 0.0847. The molecule has 3 aromatic rings. The Morgan fingerprint density at radius 3 is 2.36 bits per heavy atom. The van der Waals surface area contributed by atoms with Gasteiger partial charge >= 0.3 is 0 Å². The van der Waals surface area contributed by atoms with Gasteiger partial charge in [0.1, 0.15) is 11.5 Å². The van der Waals surface area contributed by atoms with Gasteiger partial charge in [-0.1, -0.05) is 49.4 Å². The van der Waals surface area contributed by atoms with Crippen molar-refractivity contribution < 1.29 is 19.4 Å². The van der Waals surface area contributed by atoms with Gasteiger partial charge < -0.3 is 14.7 Å². The van der Waals surface area contributed by atoms with Crippen LogP contribution in [0.4, 0.5) is 0 Å². The second kappa shape index (κ2) is 10.1. The SMILES string of the molecule is CCCOc1ccc(C2C(=C(O)c3ccncc3)C(=O)C(=O)N2CCc2ccccc2)cc1. The van der Waals surface area contributed by atoms with Crippen molar-refractivity contribution in [2.45, 2.75) is 25.8 Å². The maximum absolute atomic E-state index is 13.1. The first-order valence-electron chi connectivity index (χ1n) is 11.1. The van der Waals surface area contributed by atoms with Gasteiger partial charge in [0.25, 0.3) is 11.7 Å². The van der Waals surface area contributed by atoms with Crippen LogP contribution in [0.5, 0.6) is 5.75 Å². The number of aliphatic hydroxyl groups is 1. The van der Waals surface area contributed by atoms with Crippen molar-refractivity contribution >= 4 is 17.4 Å². The Balaban J connectivity index is 1.73. The number of pyridine rings is 1. The molecule has 0 aliphatic carbocycles. The van der Waals surface area contributed by atoms with Crippen LogP contribution in [0.15, 0.2) is 84.7 Å². The van der Waals surface area contributed by atoms with Crippen LogP contribution in [-0.4, -0.2) is 39.8 Å². The normalized spacial score (nSPS) is 17.4. The van der Waals surface area contributed by atoms with Gasteiger partial charge in [-0.05, 0) is 48.2 Å². The number of ketones is 1. The summed E-state index contributed by atoms with van der Waals surface area (Å²) < 4.78 is 5.68. The molecule has 1 aliphatic heterocycles. The van der Waals surface area contributed by atoms with Gasteiger partial charge in [-0.25, -0.2) is 0 Å². The number of amides is 1. The highest BCUT2D eigenvalue weighted by Gasteiger charge is 2.45. The summed E-state index contributed by atoms with van der Waals surface area (Å²) >= 11 is 0. The van der Waals surface area contributed by atoms with Gasteiger partial charge in [-0.15, -0.1) is 0 Å². The highest BCUT2D eigenvalue weighted by Crippen LogP contribution is 2.39. The Labute approximate surface area is 193 Å². The maximum Gasteiger partial charge on any atom is 0.295 e. The summed E-state index contributed by atoms with van der Waals surface area (Å²) in [6.45, 7) is 2.99. The highest BCUT2D eigenvalue weighted by atomic mass is 16.5. The summed E-state index contributed by atoms with van der Waals surface area (Å²) in [6.07, 6.45) is 4.56. The quantitative estimate of drug-likeness (QED) is 0.315. The Kier molecular flexibility index (Phi) is 6.83. The van der Waals surface area contributed by atoms with Crippen molar-refractivity contribution in [1.82, 2.24) is 9.88 Å². The number of benzene rings is 2. The number of hydrogen-bond donors (Lipinski definition) is 1. The van der Waals surface area contributed by atoms with Crippen LogP contribution in [0.3, 0.4) is 0 Å². The Bertz CT molecular complexity index is 1140. The van der Waals surface area contributed by atoms with Crippen LogP contribution in [-0.2, 0) is 16.0 Å². The first kappa shape index (κ1) is 22.3. The van der Waals surface area contributed by atoms with Crippen molar-refractivity contribution in [3.05, 3.63) is 101 Å². The monoisotopic (exact) mass is 442 g/mol. The van der Waals surface area contributed by atoms with Gasteiger partial charge in [0.05, 0.1) is 18.2 Å². The number of rotatable bonds is 8. The average molecular weight is 443 g/mol. The number of aromatic nitrogens is 1. The predicted octanol–water partition coefficient (Wildman–Crippen LogP) is 4.53. The minimum Gasteiger partial charge on any atom is -0.507 e. The third-order valence-corrected chi connectivity index (χ3v) is 5.65. The molecule has 1 atom stereocenters. The molecule has 1 unspecified atom stereocenters. The highest BCUT2D eigenvalue weighted by molar-refractivity contribution is 6.46. The summed E-state index contributed by atoms with van der Waals surface area (Å²) in [5.41, 5.74) is 2.33. The van der Waals surface area contributed by atoms with Crippen LogP contribution in [0.2, 0.25) is 0 Å². The van der Waals surface area contributed by atoms with Crippen molar-refractivity contribution in [2.75, 3.05) is 13.2 Å². The molecular formula is C27H26N2O4. The lowest BCUT2D eigenvalue weighted by molar-refractivity contribution is -0.139. The van der Waals surface area contributed by atoms with E-state index in [4.69, 9.17) is 4.74 Å². The standard InChI is InChI=1S/C27H26N2O4/c1-2-18-33-22-10-8-20(9-11-22)24-23(25(30)21-12-15-28-16-13-21)26(31)27(32)29(24)17-14-19-6-4-3-5-7-19/h3-13,15-16,24,30H,2,14,17-18H2,1H3. The molecule has 6 nitrogen and oxygen atoms in total. The molecule has 1 saturated heterocycles. The molecule has 0 saturated carbocycles. The average Bonchev–Trinajstić information content (AvgIpc) is 3.12. The number of hydrogen-bond acceptors (Lipinski definition) is 5. The van der Waals surface area contributed by atoms with Crippen LogP contribution in [0, 0.1) is 0 Å². The molecule has 6 heteroatoms. The summed E-state index contributed by atoms with van der Waals surface area (Å²) in [5, 5.41) is 11.0. The number of carbonyl (C=O) groups is 2. The fraction of sp³-hybridized carbons (Fsp3) is 0.222. The second-order valence-electron chi connectivity index (χ2n) is 7.88. The van der Waals surface area contributed by atoms with Crippen LogP contribution in [0.1, 0.15) is 36.1 Å². The number of Topliss-reactive ketones (excluding diaryl/α,β-unsaturated/α-hetero) is 1. The van der Waals surface area contributed by atoms with Gasteiger partial charge in [-0.2, -0.15) is 0 Å². The molecule has 1 fully saturated rings. The van der Waals surface area contributed by atoms with Crippen molar-refractivity contribution in [2.24, 2.45) is 0 Å². The molecule has 168 valence electrons. The predicted molar refractivity (Wildman–Crippen MR) is 126 cm³/mol. The Hall–Kier alpha value is -3.93. The largest absolute Gasteiger partial charge is 0.507 e. The van der Waals surface area contributed by atoms with E-state index >= 15 is 0 Å². The summed E-state index contributed by atoms with van der Waals surface area (Å²) in [5.74, 6) is -0.781. The van der Waals surface area contributed by atoms with Crippen LogP contribution in [0.25, 0.3) is 5.76 Å². The van der Waals surface area contributed by atoms with E-state index in [1.165, 1.54) is 12.4 Å². The lowest BCUT2D eigenvalue weighted by Crippen LogP contribution is -2.31. The molecule has 0 bridgehead atoms. The molecule has 4 rings (SSSR count). The number of nitrogens with zero attached hydrogens (tertiary/aromatic N) is 2. The molecular weight excluding hydrogens is 416 g/mol. The minimum atomic E-state index is -0.692. The number of carbonyl (C=O) groups excluding carboxylic acids is 2. The van der Waals surface area contributed by atoms with E-state index in [-0.39, 0.29) is 11.3 Å². The molecule has 0 radical (unpaired) electrons. The lowest BCUT2D eigenvalue weighted by Gasteiger charge is -2.25. The number of likely N-dealkylation sites (tertiary alicyclic amines) is 1. The molecule has 33 heavy (non-hydrogen) atoms. The van der Waals surface area contributed by atoms with Gasteiger partial charge in [0.15, 0.2) is 0 Å². The van der Waals surface area contributed by atoms with Crippen molar-refractivity contribution in [1.29, 1.82) is 0 Å². The first-order chi connectivity index (χ1) is 16.1. The van der Waals surface area contributed by atoms with E-state index in [1.54, 1.807) is 17.0 Å². The van der Waals surface area contributed by atoms with E-state index in [0.29, 0.717) is 25.1 Å². The summed E-state index contributed by atoms with van der Waals surface area (Å²) in [6, 6.07) is 19.7. The Morgan fingerprint density at radius 1 is 1.00 bits per heavy atom. The van der Waals surface area contributed by atoms with Crippen LogP contribution < -0.4 is 4.74 Å². The zero-order valence-electron chi connectivity index (χ0n) is 18.5. The van der Waals surface area contributed by atoms with Crippen molar-refractivity contribution in [3.63, 3.8) is 0 Å². The molecule has 2 heterocycles. The number of ether oxygens (including phenoxy) is 1. The maximum atomic E-state index is 13.1. The van der Waals surface area contributed by atoms with E-state index in [0.717, 1.165) is 23.3 Å². The molecule has 1 N–H and O–H groups in total. The van der Waals surface area contributed by atoms with Gasteiger partial charge in [0.2, 0.25) is 0 Å². The molecule has 0 spiro atoms. The molecule has 1 aromatic heterocycles. The number of aliphatic hydroxyl groups excluding tert-OH is 1. The zero-order chi connectivity index (χ0) is 23.2. The Morgan fingerprint density at radius 2 is 1.70 bits per heavy atom. The molecule has 1 amide bonds. The van der Waals surface area contributed by atoms with E-state index < -0.39 is 17.7 Å². The van der Waals surface area contributed by atoms with Crippen molar-refractivity contribution in [3.8, 4) is 5.75 Å². The molecule has 1 aliphatic rings. The van der Waals surface area contributed by atoms with E-state index in [2.05, 4.69) is 4.98 Å². The third-order valence-electron chi connectivity index (χ3n) is 5.65. The molecule has 2 aromatic carbocycles. The summed E-state index contributed by atoms with van der Waals surface area (Å²) in [4.78, 5) is 31.7. The van der Waals surface area contributed by atoms with Gasteiger partial charge in [0, 0.05) is 24.5 Å². The van der Waals surface area contributed by atoms with Gasteiger partial charge in [-0.3, -0.25) is 14.6 Å². The third kappa shape index (κ3) is 4.80. The second-order valence-corrected chi connectivity index (χ2v) is 7.88. The topological polar surface area (TPSA) is 79.7 Å². The van der Waals surface area contributed by atoms with Crippen LogP contribution >= 0.6 is 0 Å². The van der Waals surface area contributed by atoms with E-state index in [1.807, 2.05) is 61.5 Å². The zero-order valence-corrected chi connectivity index (χ0v) is 18.5. The summed E-state index contributed by atoms with van der Waals surface area (Å²) in [7, 11) is 0. The fourth-order valence-corrected chi connectivity index (χ4v) is 3.98.